The van der Waals surface area contributed by atoms with Crippen molar-refractivity contribution in [3.63, 3.8) is 0 Å². The lowest BCUT2D eigenvalue weighted by molar-refractivity contribution is 0.481. The molecule has 3 nitrogen and oxygen atoms in total. The second-order valence-corrected chi connectivity index (χ2v) is 13.7. The van der Waals surface area contributed by atoms with Gasteiger partial charge in [0.25, 0.3) is 8.32 Å². The van der Waals surface area contributed by atoms with Crippen molar-refractivity contribution in [3.8, 4) is 17.2 Å². The fraction of sp³-hybridized carbons (Fsp3) is 0.391. The van der Waals surface area contributed by atoms with Gasteiger partial charge >= 0.3 is 0 Å². The van der Waals surface area contributed by atoms with E-state index >= 15 is 0 Å². The molecule has 0 fully saturated rings. The Balaban J connectivity index is 2.05. The lowest BCUT2D eigenvalue weighted by Crippen LogP contribution is -2.44. The average Bonchev–Trinajstić information content (AvgIpc) is 2.78. The van der Waals surface area contributed by atoms with Gasteiger partial charge in [0.05, 0.1) is 11.2 Å². The molecule has 3 rings (SSSR count). The Bertz CT molecular complexity index is 980. The van der Waals surface area contributed by atoms with Gasteiger partial charge in [-0.1, -0.05) is 32.9 Å². The quantitative estimate of drug-likeness (QED) is 0.455. The molecule has 0 aliphatic heterocycles. The zero-order chi connectivity index (χ0) is 20.0. The summed E-state index contributed by atoms with van der Waals surface area (Å²) in [6.07, 6.45) is 0. The lowest BCUT2D eigenvalue weighted by atomic mass is 10.2. The first-order valence-electron chi connectivity index (χ1n) is 9.52. The van der Waals surface area contributed by atoms with Gasteiger partial charge < -0.3 is 13.7 Å². The fourth-order valence-electron chi connectivity index (χ4n) is 2.93. The largest absolute Gasteiger partial charge is 0.542 e. The van der Waals surface area contributed by atoms with Crippen LogP contribution in [-0.4, -0.2) is 12.9 Å². The van der Waals surface area contributed by atoms with Gasteiger partial charge in [0.15, 0.2) is 0 Å². The van der Waals surface area contributed by atoms with Crippen molar-refractivity contribution in [1.29, 1.82) is 0 Å². The smallest absolute Gasteiger partial charge is 0.250 e. The molecule has 0 unspecified atom stereocenters. The lowest BCUT2D eigenvalue weighted by Gasteiger charge is -2.36. The Hall–Kier alpha value is -2.20. The second kappa shape index (κ2) is 6.75. The number of hydrogen-bond acceptors (Lipinski definition) is 2. The van der Waals surface area contributed by atoms with Crippen LogP contribution in [0.4, 0.5) is 0 Å². The first kappa shape index (κ1) is 19.6. The summed E-state index contributed by atoms with van der Waals surface area (Å²) >= 11 is 0. The molecule has 0 radical (unpaired) electrons. The van der Waals surface area contributed by atoms with E-state index in [0.29, 0.717) is 0 Å². The van der Waals surface area contributed by atoms with Crippen molar-refractivity contribution in [2.24, 2.45) is 7.05 Å². The number of aromatic nitrogens is 1. The first-order valence-corrected chi connectivity index (χ1v) is 12.4. The highest BCUT2D eigenvalue weighted by Crippen LogP contribution is 2.42. The van der Waals surface area contributed by atoms with Crippen LogP contribution < -0.4 is 9.16 Å². The van der Waals surface area contributed by atoms with E-state index in [-0.39, 0.29) is 5.04 Å². The Labute approximate surface area is 164 Å². The summed E-state index contributed by atoms with van der Waals surface area (Å²) in [4.78, 5) is 0. The SMILES string of the molecule is Cc1cccc(Oc2ccc3c(c2)c(O[Si](C)(C)C(C)(C)C)c(C)n3C)c1. The third-order valence-electron chi connectivity index (χ3n) is 5.79. The van der Waals surface area contributed by atoms with Crippen LogP contribution in [0.2, 0.25) is 18.1 Å². The van der Waals surface area contributed by atoms with Gasteiger partial charge in [-0.2, -0.15) is 0 Å². The van der Waals surface area contributed by atoms with Gasteiger partial charge in [-0.15, -0.1) is 0 Å². The normalized spacial score (nSPS) is 12.4. The van der Waals surface area contributed by atoms with Crippen LogP contribution in [-0.2, 0) is 7.05 Å². The van der Waals surface area contributed by atoms with Crippen LogP contribution in [0.3, 0.4) is 0 Å². The zero-order valence-corrected chi connectivity index (χ0v) is 18.8. The number of rotatable bonds is 4. The molecule has 1 heterocycles. The van der Waals surface area contributed by atoms with Gasteiger partial charge in [-0.25, -0.2) is 0 Å². The third kappa shape index (κ3) is 3.77. The minimum Gasteiger partial charge on any atom is -0.542 e. The van der Waals surface area contributed by atoms with E-state index in [1.54, 1.807) is 0 Å². The van der Waals surface area contributed by atoms with E-state index in [1.807, 2.05) is 24.3 Å². The fourth-order valence-corrected chi connectivity index (χ4v) is 4.01. The van der Waals surface area contributed by atoms with E-state index in [2.05, 4.69) is 77.5 Å². The Kier molecular flexibility index (Phi) is 4.89. The maximum Gasteiger partial charge on any atom is 0.250 e. The zero-order valence-electron chi connectivity index (χ0n) is 17.8. The summed E-state index contributed by atoms with van der Waals surface area (Å²) < 4.78 is 15.0. The summed E-state index contributed by atoms with van der Waals surface area (Å²) in [6.45, 7) is 15.6. The second-order valence-electron chi connectivity index (χ2n) is 8.93. The summed E-state index contributed by atoms with van der Waals surface area (Å²) in [5, 5.41) is 1.27. The van der Waals surface area contributed by atoms with Gasteiger partial charge in [0.1, 0.15) is 17.2 Å². The van der Waals surface area contributed by atoms with Crippen LogP contribution >= 0.6 is 0 Å². The monoisotopic (exact) mass is 381 g/mol. The number of fused-ring (bicyclic) bond motifs is 1. The molecule has 144 valence electrons. The summed E-state index contributed by atoms with van der Waals surface area (Å²) in [7, 11) is 0.160. The minimum absolute atomic E-state index is 0.150. The predicted molar refractivity (Wildman–Crippen MR) is 117 cm³/mol. The van der Waals surface area contributed by atoms with Crippen molar-refractivity contribution < 1.29 is 9.16 Å². The van der Waals surface area contributed by atoms with Gasteiger partial charge in [-0.3, -0.25) is 0 Å². The van der Waals surface area contributed by atoms with Gasteiger partial charge in [0.2, 0.25) is 0 Å². The number of benzene rings is 2. The molecule has 0 aliphatic carbocycles. The highest BCUT2D eigenvalue weighted by molar-refractivity contribution is 6.74. The standard InChI is InChI=1S/C23H31NO2Si/c1-16-10-9-11-18(14-16)25-19-12-13-21-20(15-19)22(17(2)24(21)6)26-27(7,8)23(3,4)5/h9-15H,1-8H3. The van der Waals surface area contributed by atoms with Crippen LogP contribution in [0, 0.1) is 13.8 Å². The molecule has 27 heavy (non-hydrogen) atoms. The van der Waals surface area contributed by atoms with Gasteiger partial charge in [0, 0.05) is 12.4 Å². The summed E-state index contributed by atoms with van der Waals surface area (Å²) in [6, 6.07) is 14.4. The van der Waals surface area contributed by atoms with E-state index in [1.165, 1.54) is 5.56 Å². The Morgan fingerprint density at radius 1 is 0.926 bits per heavy atom. The molecule has 4 heteroatoms. The maximum atomic E-state index is 6.72. The molecule has 2 aromatic carbocycles. The minimum atomic E-state index is -1.93. The summed E-state index contributed by atoms with van der Waals surface area (Å²) in [5.41, 5.74) is 3.51. The van der Waals surface area contributed by atoms with Crippen molar-refractivity contribution >= 4 is 19.2 Å². The van der Waals surface area contributed by atoms with E-state index in [0.717, 1.165) is 33.8 Å². The van der Waals surface area contributed by atoms with Crippen LogP contribution in [0.25, 0.3) is 10.9 Å². The van der Waals surface area contributed by atoms with E-state index in [4.69, 9.17) is 9.16 Å². The van der Waals surface area contributed by atoms with Gasteiger partial charge in [-0.05, 0) is 67.9 Å². The molecule has 1 aromatic heterocycles. The predicted octanol–water partition coefficient (Wildman–Crippen LogP) is 6.97. The molecule has 0 amide bonds. The molecule has 0 aliphatic rings. The Morgan fingerprint density at radius 2 is 1.59 bits per heavy atom. The molecular formula is C23H31NO2Si. The van der Waals surface area contributed by atoms with Crippen molar-refractivity contribution in [3.05, 3.63) is 53.7 Å². The number of aryl methyl sites for hydroxylation is 2. The van der Waals surface area contributed by atoms with E-state index in [9.17, 15) is 0 Å². The van der Waals surface area contributed by atoms with E-state index < -0.39 is 8.32 Å². The summed E-state index contributed by atoms with van der Waals surface area (Å²) in [5.74, 6) is 2.68. The molecule has 0 spiro atoms. The molecule has 0 saturated carbocycles. The Morgan fingerprint density at radius 3 is 2.22 bits per heavy atom. The van der Waals surface area contributed by atoms with Crippen molar-refractivity contribution in [1.82, 2.24) is 4.57 Å². The molecule has 0 atom stereocenters. The van der Waals surface area contributed by atoms with Crippen LogP contribution in [0.5, 0.6) is 17.2 Å². The number of ether oxygens (including phenoxy) is 1. The first-order chi connectivity index (χ1) is 12.5. The molecule has 3 aromatic rings. The topological polar surface area (TPSA) is 23.4 Å². The highest BCUT2D eigenvalue weighted by atomic mass is 28.4. The average molecular weight is 382 g/mol. The third-order valence-corrected chi connectivity index (χ3v) is 10.1. The molecule has 0 N–H and O–H groups in total. The number of nitrogens with zero attached hydrogens (tertiary/aromatic N) is 1. The van der Waals surface area contributed by atoms with Crippen molar-refractivity contribution in [2.75, 3.05) is 0 Å². The molecule has 0 saturated heterocycles. The highest BCUT2D eigenvalue weighted by Gasteiger charge is 2.40. The van der Waals surface area contributed by atoms with Crippen molar-refractivity contribution in [2.45, 2.75) is 52.8 Å². The molecular weight excluding hydrogens is 350 g/mol. The number of hydrogen-bond donors (Lipinski definition) is 0. The van der Waals surface area contributed by atoms with Crippen LogP contribution in [0.15, 0.2) is 42.5 Å². The van der Waals surface area contributed by atoms with Crippen LogP contribution in [0.1, 0.15) is 32.0 Å². The maximum absolute atomic E-state index is 6.72. The molecule has 0 bridgehead atoms.